The summed E-state index contributed by atoms with van der Waals surface area (Å²) in [6.07, 6.45) is 6.42. The molecule has 0 saturated heterocycles. The summed E-state index contributed by atoms with van der Waals surface area (Å²) in [4.78, 5) is 13.5. The van der Waals surface area contributed by atoms with Crippen molar-refractivity contribution in [3.8, 4) is 11.4 Å². The lowest BCUT2D eigenvalue weighted by Gasteiger charge is -2.13. The number of rotatable bonds is 6. The first-order valence-corrected chi connectivity index (χ1v) is 10.9. The summed E-state index contributed by atoms with van der Waals surface area (Å²) in [7, 11) is -3.28. The standard InChI is InChI=1S/C20H21N5O2S/c1-2-28(26,27)25-16-8-6-15(7-9-16)22-20-17-4-3-5-18(17)23-19(24-20)14-10-12-21-13-11-14/h6-13,25H,2-5H2,1H3,(H,22,23,24). The normalized spacial score (nSPS) is 13.2. The van der Waals surface area contributed by atoms with E-state index in [-0.39, 0.29) is 5.75 Å². The van der Waals surface area contributed by atoms with Crippen molar-refractivity contribution in [2.45, 2.75) is 26.2 Å². The molecule has 0 aliphatic heterocycles. The topological polar surface area (TPSA) is 96.9 Å². The second-order valence-electron chi connectivity index (χ2n) is 6.62. The number of nitrogens with one attached hydrogen (secondary N) is 2. The van der Waals surface area contributed by atoms with E-state index < -0.39 is 10.0 Å². The lowest BCUT2D eigenvalue weighted by atomic mass is 10.2. The van der Waals surface area contributed by atoms with Crippen LogP contribution in [0.5, 0.6) is 0 Å². The van der Waals surface area contributed by atoms with E-state index in [1.54, 1.807) is 31.5 Å². The highest BCUT2D eigenvalue weighted by Gasteiger charge is 2.20. The van der Waals surface area contributed by atoms with E-state index in [1.807, 2.05) is 24.3 Å². The predicted octanol–water partition coefficient (Wildman–Crippen LogP) is 3.53. The number of hydrogen-bond acceptors (Lipinski definition) is 6. The van der Waals surface area contributed by atoms with Crippen LogP contribution in [0.4, 0.5) is 17.2 Å². The second-order valence-corrected chi connectivity index (χ2v) is 8.63. The summed E-state index contributed by atoms with van der Waals surface area (Å²) < 4.78 is 25.9. The fourth-order valence-corrected chi connectivity index (χ4v) is 3.82. The number of fused-ring (bicyclic) bond motifs is 1. The van der Waals surface area contributed by atoms with Gasteiger partial charge < -0.3 is 5.32 Å². The molecule has 7 nitrogen and oxygen atoms in total. The van der Waals surface area contributed by atoms with E-state index >= 15 is 0 Å². The Bertz CT molecular complexity index is 1080. The molecule has 3 aromatic rings. The van der Waals surface area contributed by atoms with E-state index in [2.05, 4.69) is 15.0 Å². The first kappa shape index (κ1) is 18.4. The molecule has 28 heavy (non-hydrogen) atoms. The Balaban J connectivity index is 1.62. The smallest absolute Gasteiger partial charge is 0.232 e. The number of hydrogen-bond donors (Lipinski definition) is 2. The average Bonchev–Trinajstić information content (AvgIpc) is 3.19. The summed E-state index contributed by atoms with van der Waals surface area (Å²) in [6.45, 7) is 1.61. The molecule has 0 atom stereocenters. The molecular formula is C20H21N5O2S. The van der Waals surface area contributed by atoms with Crippen molar-refractivity contribution in [3.05, 3.63) is 60.0 Å². The van der Waals surface area contributed by atoms with E-state index in [9.17, 15) is 8.42 Å². The molecule has 0 spiro atoms. The van der Waals surface area contributed by atoms with Gasteiger partial charge in [-0.25, -0.2) is 18.4 Å². The van der Waals surface area contributed by atoms with Gasteiger partial charge in [-0.3, -0.25) is 9.71 Å². The fraction of sp³-hybridized carbons (Fsp3) is 0.250. The lowest BCUT2D eigenvalue weighted by Crippen LogP contribution is -2.14. The maximum atomic E-state index is 11.7. The van der Waals surface area contributed by atoms with Crippen molar-refractivity contribution in [2.24, 2.45) is 0 Å². The number of aromatic nitrogens is 3. The number of anilines is 3. The van der Waals surface area contributed by atoms with Gasteiger partial charge >= 0.3 is 0 Å². The average molecular weight is 395 g/mol. The molecular weight excluding hydrogens is 374 g/mol. The van der Waals surface area contributed by atoms with Crippen LogP contribution in [0, 0.1) is 0 Å². The number of sulfonamides is 1. The van der Waals surface area contributed by atoms with Gasteiger partial charge in [0, 0.05) is 40.6 Å². The summed E-state index contributed by atoms with van der Waals surface area (Å²) in [5, 5.41) is 3.37. The molecule has 2 N–H and O–H groups in total. The van der Waals surface area contributed by atoms with Gasteiger partial charge in [0.25, 0.3) is 0 Å². The van der Waals surface area contributed by atoms with Gasteiger partial charge in [-0.1, -0.05) is 0 Å². The summed E-state index contributed by atoms with van der Waals surface area (Å²) in [6, 6.07) is 10.9. The minimum Gasteiger partial charge on any atom is -0.340 e. The number of nitrogens with zero attached hydrogens (tertiary/aromatic N) is 3. The molecule has 2 aromatic heterocycles. The number of pyridine rings is 1. The lowest BCUT2D eigenvalue weighted by molar-refractivity contribution is 0.602. The van der Waals surface area contributed by atoms with Crippen molar-refractivity contribution >= 4 is 27.2 Å². The first-order valence-electron chi connectivity index (χ1n) is 9.22. The molecule has 8 heteroatoms. The largest absolute Gasteiger partial charge is 0.340 e. The molecule has 0 fully saturated rings. The zero-order valence-electron chi connectivity index (χ0n) is 15.5. The van der Waals surface area contributed by atoms with Gasteiger partial charge in [0.1, 0.15) is 5.82 Å². The van der Waals surface area contributed by atoms with Crippen LogP contribution < -0.4 is 10.0 Å². The maximum Gasteiger partial charge on any atom is 0.232 e. The molecule has 1 aromatic carbocycles. The van der Waals surface area contributed by atoms with E-state index in [0.29, 0.717) is 11.5 Å². The molecule has 0 unspecified atom stereocenters. The Morgan fingerprint density at radius 3 is 2.39 bits per heavy atom. The molecule has 144 valence electrons. The SMILES string of the molecule is CCS(=O)(=O)Nc1ccc(Nc2nc(-c3ccncc3)nc3c2CCC3)cc1. The summed E-state index contributed by atoms with van der Waals surface area (Å²) in [5.74, 6) is 1.52. The quantitative estimate of drug-likeness (QED) is 0.663. The minimum absolute atomic E-state index is 0.0395. The van der Waals surface area contributed by atoms with E-state index in [4.69, 9.17) is 9.97 Å². The van der Waals surface area contributed by atoms with Gasteiger partial charge in [0.05, 0.1) is 5.75 Å². The summed E-state index contributed by atoms with van der Waals surface area (Å²) in [5.41, 5.74) is 4.54. The predicted molar refractivity (Wildman–Crippen MR) is 110 cm³/mol. The number of benzene rings is 1. The highest BCUT2D eigenvalue weighted by Crippen LogP contribution is 2.31. The minimum atomic E-state index is -3.28. The molecule has 0 amide bonds. The molecule has 1 aliphatic rings. The van der Waals surface area contributed by atoms with Crippen LogP contribution in [0.25, 0.3) is 11.4 Å². The van der Waals surface area contributed by atoms with Crippen LogP contribution in [-0.4, -0.2) is 29.1 Å². The first-order chi connectivity index (χ1) is 13.5. The van der Waals surface area contributed by atoms with Crippen LogP contribution in [-0.2, 0) is 22.9 Å². The molecule has 1 aliphatic carbocycles. The maximum absolute atomic E-state index is 11.7. The van der Waals surface area contributed by atoms with Crippen molar-refractivity contribution in [3.63, 3.8) is 0 Å². The van der Waals surface area contributed by atoms with Crippen molar-refractivity contribution in [1.29, 1.82) is 0 Å². The Kier molecular flexibility index (Phi) is 4.95. The third-order valence-corrected chi connectivity index (χ3v) is 5.98. The van der Waals surface area contributed by atoms with E-state index in [1.165, 1.54) is 0 Å². The molecule has 0 saturated carbocycles. The Hall–Kier alpha value is -3.00. The van der Waals surface area contributed by atoms with Crippen molar-refractivity contribution < 1.29 is 8.42 Å². The molecule has 0 radical (unpaired) electrons. The Morgan fingerprint density at radius 2 is 1.68 bits per heavy atom. The molecule has 2 heterocycles. The highest BCUT2D eigenvalue weighted by molar-refractivity contribution is 7.92. The number of aryl methyl sites for hydroxylation is 1. The van der Waals surface area contributed by atoms with Crippen molar-refractivity contribution in [2.75, 3.05) is 15.8 Å². The molecule has 4 rings (SSSR count). The third kappa shape index (κ3) is 3.96. The van der Waals surface area contributed by atoms with Crippen LogP contribution in [0.15, 0.2) is 48.8 Å². The van der Waals surface area contributed by atoms with Crippen LogP contribution in [0.1, 0.15) is 24.6 Å². The highest BCUT2D eigenvalue weighted by atomic mass is 32.2. The zero-order valence-corrected chi connectivity index (χ0v) is 16.3. The van der Waals surface area contributed by atoms with Gasteiger partial charge in [-0.05, 0) is 62.6 Å². The fourth-order valence-electron chi connectivity index (χ4n) is 3.18. The van der Waals surface area contributed by atoms with Crippen LogP contribution >= 0.6 is 0 Å². The van der Waals surface area contributed by atoms with Crippen LogP contribution in [0.3, 0.4) is 0 Å². The third-order valence-electron chi connectivity index (χ3n) is 4.67. The monoisotopic (exact) mass is 395 g/mol. The van der Waals surface area contributed by atoms with Crippen molar-refractivity contribution in [1.82, 2.24) is 15.0 Å². The Morgan fingerprint density at radius 1 is 0.964 bits per heavy atom. The molecule has 0 bridgehead atoms. The van der Waals surface area contributed by atoms with Gasteiger partial charge in [0.2, 0.25) is 10.0 Å². The Labute approximate surface area is 164 Å². The van der Waals surface area contributed by atoms with Gasteiger partial charge in [-0.2, -0.15) is 0 Å². The second kappa shape index (κ2) is 7.55. The van der Waals surface area contributed by atoms with Gasteiger partial charge in [-0.15, -0.1) is 0 Å². The summed E-state index contributed by atoms with van der Waals surface area (Å²) >= 11 is 0. The van der Waals surface area contributed by atoms with E-state index in [0.717, 1.165) is 47.6 Å². The zero-order chi connectivity index (χ0) is 19.6. The van der Waals surface area contributed by atoms with Gasteiger partial charge in [0.15, 0.2) is 5.82 Å². The van der Waals surface area contributed by atoms with Crippen LogP contribution in [0.2, 0.25) is 0 Å².